The van der Waals surface area contributed by atoms with Gasteiger partial charge in [0.1, 0.15) is 11.6 Å². The molecule has 0 spiro atoms. The lowest BCUT2D eigenvalue weighted by Gasteiger charge is -2.32. The van der Waals surface area contributed by atoms with Crippen molar-refractivity contribution in [2.24, 2.45) is 11.8 Å². The van der Waals surface area contributed by atoms with Gasteiger partial charge in [-0.2, -0.15) is 0 Å². The number of ether oxygens (including phenoxy) is 1. The minimum absolute atomic E-state index is 0.0664. The Kier molecular flexibility index (Phi) is 5.32. The van der Waals surface area contributed by atoms with Crippen molar-refractivity contribution in [1.82, 2.24) is 10.2 Å². The second kappa shape index (κ2) is 6.63. The number of alkyl halides is 1. The first-order valence-corrected chi connectivity index (χ1v) is 8.19. The highest BCUT2D eigenvalue weighted by molar-refractivity contribution is 6.17. The maximum atomic E-state index is 12.6. The first-order chi connectivity index (χ1) is 9.42. The molecule has 1 N–H and O–H groups in total. The van der Waals surface area contributed by atoms with Crippen molar-refractivity contribution in [3.05, 3.63) is 0 Å². The van der Waals surface area contributed by atoms with Crippen LogP contribution in [0.2, 0.25) is 0 Å². The third-order valence-corrected chi connectivity index (χ3v) is 4.44. The fraction of sp³-hybridized carbons (Fsp3) is 0.933. The van der Waals surface area contributed by atoms with E-state index in [1.54, 1.807) is 0 Å². The van der Waals surface area contributed by atoms with Crippen LogP contribution in [0.15, 0.2) is 0 Å². The molecular weight excluding hydrogens is 276 g/mol. The molecule has 0 saturated carbocycles. The Morgan fingerprint density at radius 1 is 1.45 bits per heavy atom. The predicted octanol–water partition coefficient (Wildman–Crippen LogP) is 1.87. The van der Waals surface area contributed by atoms with Crippen LogP contribution in [0.1, 0.15) is 33.6 Å². The van der Waals surface area contributed by atoms with Gasteiger partial charge in [-0.25, -0.2) is 0 Å². The molecule has 2 rings (SSSR count). The SMILES string of the molecule is CC(C)(C)OC(=O)C1C2CNCCC2CN1CCCCl. The number of esters is 1. The fourth-order valence-corrected chi connectivity index (χ4v) is 3.52. The molecule has 2 heterocycles. The lowest BCUT2D eigenvalue weighted by Crippen LogP contribution is -2.47. The number of hydrogen-bond donors (Lipinski definition) is 1. The molecule has 0 amide bonds. The van der Waals surface area contributed by atoms with Gasteiger partial charge in [0.2, 0.25) is 0 Å². The average Bonchev–Trinajstić information content (AvgIpc) is 2.72. The summed E-state index contributed by atoms with van der Waals surface area (Å²) in [5, 5.41) is 3.42. The summed E-state index contributed by atoms with van der Waals surface area (Å²) in [5.41, 5.74) is -0.421. The number of nitrogens with one attached hydrogen (secondary N) is 1. The highest BCUT2D eigenvalue weighted by Crippen LogP contribution is 2.35. The Bertz CT molecular complexity index is 343. The molecule has 0 bridgehead atoms. The van der Waals surface area contributed by atoms with E-state index in [4.69, 9.17) is 16.3 Å². The van der Waals surface area contributed by atoms with Crippen molar-refractivity contribution in [2.75, 3.05) is 32.1 Å². The van der Waals surface area contributed by atoms with Crippen molar-refractivity contribution in [3.8, 4) is 0 Å². The molecule has 0 aliphatic carbocycles. The minimum atomic E-state index is -0.421. The van der Waals surface area contributed by atoms with Gasteiger partial charge in [-0.3, -0.25) is 9.69 Å². The lowest BCUT2D eigenvalue weighted by atomic mass is 9.85. The van der Waals surface area contributed by atoms with E-state index < -0.39 is 5.60 Å². The Balaban J connectivity index is 2.08. The number of hydrogen-bond acceptors (Lipinski definition) is 4. The van der Waals surface area contributed by atoms with E-state index in [1.807, 2.05) is 20.8 Å². The number of carbonyl (C=O) groups is 1. The van der Waals surface area contributed by atoms with Crippen molar-refractivity contribution in [2.45, 2.75) is 45.3 Å². The molecule has 0 aromatic heterocycles. The third-order valence-electron chi connectivity index (χ3n) is 4.17. The van der Waals surface area contributed by atoms with Gasteiger partial charge in [-0.05, 0) is 46.1 Å². The van der Waals surface area contributed by atoms with Crippen molar-refractivity contribution in [3.63, 3.8) is 0 Å². The molecule has 4 nitrogen and oxygen atoms in total. The van der Waals surface area contributed by atoms with E-state index in [1.165, 1.54) is 0 Å². The first kappa shape index (κ1) is 16.1. The molecule has 3 atom stereocenters. The number of rotatable bonds is 4. The zero-order chi connectivity index (χ0) is 14.8. The second-order valence-corrected chi connectivity index (χ2v) is 7.31. The normalized spacial score (nSPS) is 31.1. The zero-order valence-corrected chi connectivity index (χ0v) is 13.6. The Labute approximate surface area is 127 Å². The van der Waals surface area contributed by atoms with Gasteiger partial charge in [-0.15, -0.1) is 11.6 Å². The Morgan fingerprint density at radius 3 is 2.85 bits per heavy atom. The van der Waals surface area contributed by atoms with Crippen LogP contribution in [0, 0.1) is 11.8 Å². The summed E-state index contributed by atoms with van der Waals surface area (Å²) in [5.74, 6) is 1.58. The molecule has 0 radical (unpaired) electrons. The molecule has 0 aromatic carbocycles. The topological polar surface area (TPSA) is 41.6 Å². The van der Waals surface area contributed by atoms with Crippen LogP contribution in [0.5, 0.6) is 0 Å². The van der Waals surface area contributed by atoms with Crippen LogP contribution in [0.3, 0.4) is 0 Å². The summed E-state index contributed by atoms with van der Waals surface area (Å²) >= 11 is 5.81. The third kappa shape index (κ3) is 3.86. The molecule has 5 heteroatoms. The van der Waals surface area contributed by atoms with E-state index in [9.17, 15) is 4.79 Å². The second-order valence-electron chi connectivity index (χ2n) is 6.93. The summed E-state index contributed by atoms with van der Waals surface area (Å²) in [6, 6.07) is -0.102. The highest BCUT2D eigenvalue weighted by Gasteiger charge is 2.47. The monoisotopic (exact) mass is 302 g/mol. The van der Waals surface area contributed by atoms with Crippen molar-refractivity contribution >= 4 is 17.6 Å². The van der Waals surface area contributed by atoms with Crippen LogP contribution >= 0.6 is 11.6 Å². The number of fused-ring (bicyclic) bond motifs is 1. The lowest BCUT2D eigenvalue weighted by molar-refractivity contribution is -0.161. The van der Waals surface area contributed by atoms with Gasteiger partial charge in [0.15, 0.2) is 0 Å². The maximum Gasteiger partial charge on any atom is 0.324 e. The fourth-order valence-electron chi connectivity index (χ4n) is 3.40. The minimum Gasteiger partial charge on any atom is -0.459 e. The van der Waals surface area contributed by atoms with Crippen molar-refractivity contribution < 1.29 is 9.53 Å². The highest BCUT2D eigenvalue weighted by atomic mass is 35.5. The van der Waals surface area contributed by atoms with E-state index in [0.717, 1.165) is 39.0 Å². The van der Waals surface area contributed by atoms with Gasteiger partial charge in [0.25, 0.3) is 0 Å². The van der Waals surface area contributed by atoms with Gasteiger partial charge in [0, 0.05) is 31.4 Å². The molecule has 3 unspecified atom stereocenters. The number of carbonyl (C=O) groups excluding carboxylic acids is 1. The molecule has 2 aliphatic rings. The largest absolute Gasteiger partial charge is 0.459 e. The van der Waals surface area contributed by atoms with Crippen LogP contribution in [-0.2, 0) is 9.53 Å². The smallest absolute Gasteiger partial charge is 0.324 e. The quantitative estimate of drug-likeness (QED) is 0.636. The van der Waals surface area contributed by atoms with Crippen LogP contribution < -0.4 is 5.32 Å². The van der Waals surface area contributed by atoms with Gasteiger partial charge in [-0.1, -0.05) is 0 Å². The Hall–Kier alpha value is -0.320. The van der Waals surface area contributed by atoms with E-state index in [0.29, 0.717) is 17.7 Å². The molecule has 116 valence electrons. The first-order valence-electron chi connectivity index (χ1n) is 7.66. The van der Waals surface area contributed by atoms with Crippen LogP contribution in [-0.4, -0.2) is 54.6 Å². The standard InChI is InChI=1S/C15H27ClN2O2/c1-15(2,3)20-14(19)13-12-9-17-7-5-11(12)10-18(13)8-4-6-16/h11-13,17H,4-10H2,1-3H3. The number of piperidine rings is 1. The number of likely N-dealkylation sites (tertiary alicyclic amines) is 1. The summed E-state index contributed by atoms with van der Waals surface area (Å²) in [7, 11) is 0. The molecule has 0 aromatic rings. The molecule has 2 aliphatic heterocycles. The average molecular weight is 303 g/mol. The molecule has 20 heavy (non-hydrogen) atoms. The van der Waals surface area contributed by atoms with Gasteiger partial charge < -0.3 is 10.1 Å². The maximum absolute atomic E-state index is 12.6. The van der Waals surface area contributed by atoms with E-state index in [2.05, 4.69) is 10.2 Å². The van der Waals surface area contributed by atoms with Crippen LogP contribution in [0.25, 0.3) is 0 Å². The summed E-state index contributed by atoms with van der Waals surface area (Å²) in [6.45, 7) is 9.67. The van der Waals surface area contributed by atoms with Crippen LogP contribution in [0.4, 0.5) is 0 Å². The van der Waals surface area contributed by atoms with Gasteiger partial charge >= 0.3 is 5.97 Å². The predicted molar refractivity (Wildman–Crippen MR) is 81.0 cm³/mol. The zero-order valence-electron chi connectivity index (χ0n) is 12.8. The van der Waals surface area contributed by atoms with Crippen molar-refractivity contribution in [1.29, 1.82) is 0 Å². The molecular formula is C15H27ClN2O2. The number of nitrogens with zero attached hydrogens (tertiary/aromatic N) is 1. The van der Waals surface area contributed by atoms with Gasteiger partial charge in [0.05, 0.1) is 0 Å². The summed E-state index contributed by atoms with van der Waals surface area (Å²) in [4.78, 5) is 14.9. The molecule has 2 fully saturated rings. The molecule has 2 saturated heterocycles. The summed E-state index contributed by atoms with van der Waals surface area (Å²) in [6.07, 6.45) is 2.08. The van der Waals surface area contributed by atoms with E-state index in [-0.39, 0.29) is 12.0 Å². The Morgan fingerprint density at radius 2 is 2.20 bits per heavy atom. The van der Waals surface area contributed by atoms with E-state index >= 15 is 0 Å². The summed E-state index contributed by atoms with van der Waals surface area (Å²) < 4.78 is 5.64. The number of halogens is 1.